The predicted octanol–water partition coefficient (Wildman–Crippen LogP) is 1.57. The molecule has 1 unspecified atom stereocenters. The summed E-state index contributed by atoms with van der Waals surface area (Å²) in [5.41, 5.74) is 1.15. The lowest BCUT2D eigenvalue weighted by Crippen LogP contribution is -2.48. The molecule has 0 N–H and O–H groups in total. The topological polar surface area (TPSA) is 64.4 Å². The molecule has 3 rings (SSSR count). The van der Waals surface area contributed by atoms with Crippen LogP contribution in [0.15, 0.2) is 30.5 Å². The summed E-state index contributed by atoms with van der Waals surface area (Å²) in [4.78, 5) is 26.2. The van der Waals surface area contributed by atoms with Crippen molar-refractivity contribution >= 4 is 11.8 Å². The van der Waals surface area contributed by atoms with Gasteiger partial charge in [0.15, 0.2) is 11.8 Å². The summed E-state index contributed by atoms with van der Waals surface area (Å²) in [6, 6.07) is 5.22. The van der Waals surface area contributed by atoms with E-state index in [1.54, 1.807) is 37.1 Å². The molecular formula is C16H16FN3O3. The van der Waals surface area contributed by atoms with E-state index in [-0.39, 0.29) is 18.1 Å². The second-order valence-corrected chi connectivity index (χ2v) is 5.30. The first kappa shape index (κ1) is 15.4. The van der Waals surface area contributed by atoms with E-state index in [0.29, 0.717) is 17.8 Å². The molecule has 0 spiro atoms. The van der Waals surface area contributed by atoms with E-state index in [1.807, 2.05) is 0 Å². The third-order valence-corrected chi connectivity index (χ3v) is 3.81. The summed E-state index contributed by atoms with van der Waals surface area (Å²) in [6.45, 7) is 2.18. The Hall–Kier alpha value is -2.54. The van der Waals surface area contributed by atoms with Crippen LogP contribution in [0.2, 0.25) is 0 Å². The van der Waals surface area contributed by atoms with Gasteiger partial charge in [0.25, 0.3) is 0 Å². The Morgan fingerprint density at radius 2 is 2.17 bits per heavy atom. The lowest BCUT2D eigenvalue weighted by Gasteiger charge is -2.29. The van der Waals surface area contributed by atoms with Gasteiger partial charge in [0.1, 0.15) is 11.5 Å². The van der Waals surface area contributed by atoms with Crippen molar-refractivity contribution in [2.75, 3.05) is 13.7 Å². The van der Waals surface area contributed by atoms with Crippen LogP contribution >= 0.6 is 0 Å². The molecule has 0 radical (unpaired) electrons. The van der Waals surface area contributed by atoms with Crippen molar-refractivity contribution in [2.45, 2.75) is 19.5 Å². The number of esters is 1. The highest BCUT2D eigenvalue weighted by molar-refractivity contribution is 6.13. The number of nitrogens with zero attached hydrogens (tertiary/aromatic N) is 3. The first-order valence-corrected chi connectivity index (χ1v) is 7.27. The highest BCUT2D eigenvalue weighted by Gasteiger charge is 2.40. The number of carbonyl (C=O) groups excluding carboxylic acids is 2. The van der Waals surface area contributed by atoms with Gasteiger partial charge >= 0.3 is 5.97 Å². The van der Waals surface area contributed by atoms with Gasteiger partial charge in [-0.2, -0.15) is 5.10 Å². The molecule has 1 aliphatic heterocycles. The minimum atomic E-state index is -0.985. The number of para-hydroxylation sites is 1. The second kappa shape index (κ2) is 5.92. The summed E-state index contributed by atoms with van der Waals surface area (Å²) in [7, 11) is 1.65. The van der Waals surface area contributed by atoms with Gasteiger partial charge < -0.3 is 4.74 Å². The van der Waals surface area contributed by atoms with Crippen LogP contribution in [0.4, 0.5) is 4.39 Å². The molecule has 7 heteroatoms. The van der Waals surface area contributed by atoms with Crippen molar-refractivity contribution in [1.29, 1.82) is 0 Å². The van der Waals surface area contributed by atoms with E-state index in [0.717, 1.165) is 0 Å². The second-order valence-electron chi connectivity index (χ2n) is 5.30. The quantitative estimate of drug-likeness (QED) is 0.635. The molecule has 1 atom stereocenters. The van der Waals surface area contributed by atoms with Crippen LogP contribution in [0.1, 0.15) is 23.0 Å². The Bertz CT molecular complexity index is 772. The summed E-state index contributed by atoms with van der Waals surface area (Å²) in [6.07, 6.45) is 1.38. The average Bonchev–Trinajstić information content (AvgIpc) is 2.92. The molecule has 0 aliphatic carbocycles. The molecule has 0 amide bonds. The van der Waals surface area contributed by atoms with E-state index < -0.39 is 17.8 Å². The SMILES string of the molecule is CCOC(=O)C1C(=O)c2cnn(-c3ccccc3F)c2CN1C. The molecule has 0 saturated heterocycles. The lowest BCUT2D eigenvalue weighted by molar-refractivity contribution is -0.147. The van der Waals surface area contributed by atoms with Crippen LogP contribution in [-0.2, 0) is 16.1 Å². The number of hydrogen-bond acceptors (Lipinski definition) is 5. The van der Waals surface area contributed by atoms with Crippen LogP contribution < -0.4 is 0 Å². The van der Waals surface area contributed by atoms with Gasteiger partial charge in [-0.3, -0.25) is 9.69 Å². The molecule has 2 aromatic rings. The summed E-state index contributed by atoms with van der Waals surface area (Å²) < 4.78 is 20.4. The standard InChI is InChI=1S/C16H16FN3O3/c1-3-23-16(22)14-15(21)10-8-18-20(13(10)9-19(14)2)12-7-5-4-6-11(12)17/h4-8,14H,3,9H2,1-2H3. The molecule has 120 valence electrons. The maximum atomic E-state index is 14.0. The first-order valence-electron chi connectivity index (χ1n) is 7.27. The van der Waals surface area contributed by atoms with Gasteiger partial charge in [-0.05, 0) is 26.1 Å². The predicted molar refractivity (Wildman–Crippen MR) is 79.7 cm³/mol. The Kier molecular flexibility index (Phi) is 3.96. The van der Waals surface area contributed by atoms with Gasteiger partial charge in [0.2, 0.25) is 0 Å². The molecular weight excluding hydrogens is 301 g/mol. The first-order chi connectivity index (χ1) is 11.0. The minimum Gasteiger partial charge on any atom is -0.464 e. The highest BCUT2D eigenvalue weighted by Crippen LogP contribution is 2.26. The van der Waals surface area contributed by atoms with Gasteiger partial charge in [0.05, 0.1) is 24.1 Å². The van der Waals surface area contributed by atoms with E-state index in [1.165, 1.54) is 16.9 Å². The largest absolute Gasteiger partial charge is 0.464 e. The van der Waals surface area contributed by atoms with Gasteiger partial charge in [0, 0.05) is 6.54 Å². The number of halogens is 1. The number of ketones is 1. The van der Waals surface area contributed by atoms with Gasteiger partial charge in [-0.25, -0.2) is 13.9 Å². The van der Waals surface area contributed by atoms with Crippen molar-refractivity contribution in [2.24, 2.45) is 0 Å². The van der Waals surface area contributed by atoms with Crippen LogP contribution in [0.3, 0.4) is 0 Å². The summed E-state index contributed by atoms with van der Waals surface area (Å²) in [5.74, 6) is -1.39. The van der Waals surface area contributed by atoms with Crippen molar-refractivity contribution in [3.05, 3.63) is 47.5 Å². The van der Waals surface area contributed by atoms with E-state index >= 15 is 0 Å². The fraction of sp³-hybridized carbons (Fsp3) is 0.312. The van der Waals surface area contributed by atoms with Crippen molar-refractivity contribution < 1.29 is 18.7 Å². The zero-order valence-electron chi connectivity index (χ0n) is 12.8. The minimum absolute atomic E-state index is 0.206. The number of fused-ring (bicyclic) bond motifs is 1. The molecule has 6 nitrogen and oxygen atoms in total. The molecule has 0 saturated carbocycles. The highest BCUT2D eigenvalue weighted by atomic mass is 19.1. The van der Waals surface area contributed by atoms with E-state index in [9.17, 15) is 14.0 Å². The molecule has 1 aliphatic rings. The molecule has 1 aromatic heterocycles. The lowest BCUT2D eigenvalue weighted by atomic mass is 9.98. The van der Waals surface area contributed by atoms with Crippen molar-refractivity contribution in [1.82, 2.24) is 14.7 Å². The Morgan fingerprint density at radius 3 is 2.87 bits per heavy atom. The Labute approximate surface area is 132 Å². The molecule has 23 heavy (non-hydrogen) atoms. The molecule has 2 heterocycles. The average molecular weight is 317 g/mol. The number of carbonyl (C=O) groups is 2. The smallest absolute Gasteiger partial charge is 0.331 e. The fourth-order valence-corrected chi connectivity index (χ4v) is 2.75. The molecule has 0 fully saturated rings. The Morgan fingerprint density at radius 1 is 1.43 bits per heavy atom. The third-order valence-electron chi connectivity index (χ3n) is 3.81. The normalized spacial score (nSPS) is 17.9. The number of Topliss-reactive ketones (excluding diaryl/α,β-unsaturated/α-hetero) is 1. The monoisotopic (exact) mass is 317 g/mol. The number of rotatable bonds is 3. The van der Waals surface area contributed by atoms with Crippen LogP contribution in [0, 0.1) is 5.82 Å². The zero-order valence-corrected chi connectivity index (χ0v) is 12.8. The third kappa shape index (κ3) is 2.53. The van der Waals surface area contributed by atoms with E-state index in [2.05, 4.69) is 5.10 Å². The number of hydrogen-bond donors (Lipinski definition) is 0. The summed E-state index contributed by atoms with van der Waals surface area (Å²) >= 11 is 0. The maximum absolute atomic E-state index is 14.0. The zero-order chi connectivity index (χ0) is 16.6. The van der Waals surface area contributed by atoms with Crippen LogP contribution in [0.5, 0.6) is 0 Å². The van der Waals surface area contributed by atoms with Gasteiger partial charge in [-0.1, -0.05) is 12.1 Å². The Balaban J connectivity index is 2.02. The van der Waals surface area contributed by atoms with Crippen LogP contribution in [0.25, 0.3) is 5.69 Å². The number of ether oxygens (including phenoxy) is 1. The number of aromatic nitrogens is 2. The fourth-order valence-electron chi connectivity index (χ4n) is 2.75. The van der Waals surface area contributed by atoms with Gasteiger partial charge in [-0.15, -0.1) is 0 Å². The maximum Gasteiger partial charge on any atom is 0.331 e. The number of benzene rings is 1. The number of likely N-dealkylation sites (N-methyl/N-ethyl adjacent to an activating group) is 1. The van der Waals surface area contributed by atoms with Crippen molar-refractivity contribution in [3.63, 3.8) is 0 Å². The van der Waals surface area contributed by atoms with E-state index in [4.69, 9.17) is 4.74 Å². The summed E-state index contributed by atoms with van der Waals surface area (Å²) in [5, 5.41) is 4.13. The molecule has 1 aromatic carbocycles. The molecule has 0 bridgehead atoms. The van der Waals surface area contributed by atoms with Crippen LogP contribution in [-0.4, -0.2) is 46.1 Å². The van der Waals surface area contributed by atoms with Crippen molar-refractivity contribution in [3.8, 4) is 5.69 Å².